The van der Waals surface area contributed by atoms with Crippen molar-refractivity contribution in [2.24, 2.45) is 5.41 Å². The lowest BCUT2D eigenvalue weighted by molar-refractivity contribution is -0.134. The average molecular weight is 333 g/mol. The van der Waals surface area contributed by atoms with Crippen molar-refractivity contribution in [1.82, 2.24) is 25.3 Å². The van der Waals surface area contributed by atoms with Crippen LogP contribution in [0.2, 0.25) is 0 Å². The van der Waals surface area contributed by atoms with Crippen LogP contribution in [0, 0.1) is 5.41 Å². The molecule has 1 atom stereocenters. The average Bonchev–Trinajstić information content (AvgIpc) is 3.11. The Morgan fingerprint density at radius 1 is 1.50 bits per heavy atom. The molecule has 2 amide bonds. The minimum absolute atomic E-state index is 0.0391. The van der Waals surface area contributed by atoms with Crippen molar-refractivity contribution in [2.45, 2.75) is 51.7 Å². The number of hydrogen-bond acceptors (Lipinski definition) is 4. The molecule has 0 bridgehead atoms. The Morgan fingerprint density at radius 2 is 2.29 bits per heavy atom. The molecule has 0 radical (unpaired) electrons. The number of amides is 2. The SMILES string of the molecule is CC(C)N1CCNC(=O)[C@H]1CC(=O)NCC1(Cn2cccn2)CC1. The van der Waals surface area contributed by atoms with Crippen LogP contribution in [0.4, 0.5) is 0 Å². The predicted octanol–water partition coefficient (Wildman–Crippen LogP) is 0.378. The van der Waals surface area contributed by atoms with Crippen LogP contribution in [-0.2, 0) is 16.1 Å². The molecule has 7 heteroatoms. The van der Waals surface area contributed by atoms with E-state index in [9.17, 15) is 9.59 Å². The summed E-state index contributed by atoms with van der Waals surface area (Å²) in [6.07, 6.45) is 6.16. The van der Waals surface area contributed by atoms with Gasteiger partial charge in [0.1, 0.15) is 0 Å². The van der Waals surface area contributed by atoms with Gasteiger partial charge in [-0.2, -0.15) is 5.10 Å². The highest BCUT2D eigenvalue weighted by Gasteiger charge is 2.43. The van der Waals surface area contributed by atoms with E-state index in [0.717, 1.165) is 25.9 Å². The second kappa shape index (κ2) is 6.93. The second-order valence-electron chi connectivity index (χ2n) is 7.32. The van der Waals surface area contributed by atoms with E-state index in [0.29, 0.717) is 13.1 Å². The standard InChI is InChI=1S/C17H27N5O2/c1-13(2)22-9-7-18-16(24)14(22)10-15(23)19-11-17(4-5-17)12-21-8-3-6-20-21/h3,6,8,13-14H,4-5,7,9-12H2,1-2H3,(H,18,24)(H,19,23)/t14-/m1/s1. The molecule has 1 saturated carbocycles. The maximum atomic E-state index is 12.4. The zero-order valence-corrected chi connectivity index (χ0v) is 14.5. The summed E-state index contributed by atoms with van der Waals surface area (Å²) in [5, 5.41) is 10.1. The molecule has 1 aromatic rings. The first-order chi connectivity index (χ1) is 11.5. The Hall–Kier alpha value is -1.89. The minimum Gasteiger partial charge on any atom is -0.355 e. The van der Waals surface area contributed by atoms with E-state index in [1.54, 1.807) is 6.20 Å². The highest BCUT2D eigenvalue weighted by atomic mass is 16.2. The number of piperazine rings is 1. The van der Waals surface area contributed by atoms with Crippen LogP contribution < -0.4 is 10.6 Å². The third kappa shape index (κ3) is 3.95. The molecule has 7 nitrogen and oxygen atoms in total. The second-order valence-corrected chi connectivity index (χ2v) is 7.32. The van der Waals surface area contributed by atoms with Gasteiger partial charge in [0.2, 0.25) is 11.8 Å². The quantitative estimate of drug-likeness (QED) is 0.756. The number of rotatable bonds is 7. The topological polar surface area (TPSA) is 79.3 Å². The van der Waals surface area contributed by atoms with Gasteiger partial charge in [-0.1, -0.05) is 0 Å². The molecule has 0 spiro atoms. The Balaban J connectivity index is 1.50. The van der Waals surface area contributed by atoms with E-state index >= 15 is 0 Å². The van der Waals surface area contributed by atoms with E-state index in [2.05, 4.69) is 34.5 Å². The van der Waals surface area contributed by atoms with Crippen molar-refractivity contribution in [3.8, 4) is 0 Å². The molecule has 24 heavy (non-hydrogen) atoms. The molecular formula is C17H27N5O2. The molecule has 1 aliphatic carbocycles. The van der Waals surface area contributed by atoms with Crippen LogP contribution in [0.5, 0.6) is 0 Å². The summed E-state index contributed by atoms with van der Waals surface area (Å²) < 4.78 is 1.92. The summed E-state index contributed by atoms with van der Waals surface area (Å²) in [5.74, 6) is -0.0859. The van der Waals surface area contributed by atoms with Crippen molar-refractivity contribution in [3.63, 3.8) is 0 Å². The van der Waals surface area contributed by atoms with Crippen molar-refractivity contribution in [3.05, 3.63) is 18.5 Å². The van der Waals surface area contributed by atoms with Gasteiger partial charge in [0.05, 0.1) is 12.5 Å². The number of nitrogens with zero attached hydrogens (tertiary/aromatic N) is 3. The maximum Gasteiger partial charge on any atom is 0.237 e. The smallest absolute Gasteiger partial charge is 0.237 e. The first-order valence-corrected chi connectivity index (χ1v) is 8.77. The van der Waals surface area contributed by atoms with Crippen molar-refractivity contribution >= 4 is 11.8 Å². The Bertz CT molecular complexity index is 580. The van der Waals surface area contributed by atoms with E-state index in [-0.39, 0.29) is 35.7 Å². The zero-order chi connectivity index (χ0) is 17.2. The van der Waals surface area contributed by atoms with Crippen LogP contribution in [0.15, 0.2) is 18.5 Å². The molecule has 2 aliphatic rings. The lowest BCUT2D eigenvalue weighted by Gasteiger charge is -2.37. The van der Waals surface area contributed by atoms with Gasteiger partial charge in [-0.05, 0) is 32.8 Å². The first kappa shape index (κ1) is 17.0. The van der Waals surface area contributed by atoms with Crippen LogP contribution in [-0.4, -0.2) is 58.2 Å². The molecule has 3 rings (SSSR count). The summed E-state index contributed by atoms with van der Waals surface area (Å²) in [4.78, 5) is 26.6. The number of nitrogens with one attached hydrogen (secondary N) is 2. The van der Waals surface area contributed by atoms with Crippen LogP contribution in [0.25, 0.3) is 0 Å². The van der Waals surface area contributed by atoms with Crippen LogP contribution in [0.1, 0.15) is 33.1 Å². The molecule has 1 aliphatic heterocycles. The van der Waals surface area contributed by atoms with Crippen molar-refractivity contribution < 1.29 is 9.59 Å². The largest absolute Gasteiger partial charge is 0.355 e. The fraction of sp³-hybridized carbons (Fsp3) is 0.706. The highest BCUT2D eigenvalue weighted by Crippen LogP contribution is 2.46. The molecule has 0 aromatic carbocycles. The number of carbonyl (C=O) groups excluding carboxylic acids is 2. The number of carbonyl (C=O) groups is 2. The van der Waals surface area contributed by atoms with Gasteiger partial charge in [0, 0.05) is 50.0 Å². The summed E-state index contributed by atoms with van der Waals surface area (Å²) in [6, 6.07) is 1.81. The lowest BCUT2D eigenvalue weighted by Crippen LogP contribution is -2.58. The van der Waals surface area contributed by atoms with E-state index in [1.807, 2.05) is 16.9 Å². The Labute approximate surface area is 142 Å². The van der Waals surface area contributed by atoms with Gasteiger partial charge in [0.25, 0.3) is 0 Å². The zero-order valence-electron chi connectivity index (χ0n) is 14.5. The third-order valence-electron chi connectivity index (χ3n) is 5.09. The fourth-order valence-electron chi connectivity index (χ4n) is 3.40. The first-order valence-electron chi connectivity index (χ1n) is 8.77. The summed E-state index contributed by atoms with van der Waals surface area (Å²) in [5.41, 5.74) is 0.133. The summed E-state index contributed by atoms with van der Waals surface area (Å²) in [6.45, 7) is 7.07. The number of hydrogen-bond donors (Lipinski definition) is 2. The molecule has 1 aromatic heterocycles. The third-order valence-corrected chi connectivity index (χ3v) is 5.09. The van der Waals surface area contributed by atoms with Crippen molar-refractivity contribution in [2.75, 3.05) is 19.6 Å². The van der Waals surface area contributed by atoms with Gasteiger partial charge in [-0.3, -0.25) is 19.2 Å². The Morgan fingerprint density at radius 3 is 2.92 bits per heavy atom. The van der Waals surface area contributed by atoms with E-state index in [1.165, 1.54) is 0 Å². The minimum atomic E-state index is -0.361. The molecule has 2 N–H and O–H groups in total. The van der Waals surface area contributed by atoms with E-state index < -0.39 is 0 Å². The van der Waals surface area contributed by atoms with Gasteiger partial charge in [0.15, 0.2) is 0 Å². The fourth-order valence-corrected chi connectivity index (χ4v) is 3.40. The predicted molar refractivity (Wildman–Crippen MR) is 90.2 cm³/mol. The van der Waals surface area contributed by atoms with Crippen LogP contribution >= 0.6 is 0 Å². The molecule has 2 fully saturated rings. The normalized spacial score (nSPS) is 23.1. The maximum absolute atomic E-state index is 12.4. The molecule has 132 valence electrons. The van der Waals surface area contributed by atoms with Crippen molar-refractivity contribution in [1.29, 1.82) is 0 Å². The van der Waals surface area contributed by atoms with Gasteiger partial charge >= 0.3 is 0 Å². The van der Waals surface area contributed by atoms with Crippen LogP contribution in [0.3, 0.4) is 0 Å². The number of aromatic nitrogens is 2. The lowest BCUT2D eigenvalue weighted by atomic mass is 10.0. The molecule has 0 unspecified atom stereocenters. The van der Waals surface area contributed by atoms with E-state index in [4.69, 9.17) is 0 Å². The molecule has 2 heterocycles. The highest BCUT2D eigenvalue weighted by molar-refractivity contribution is 5.88. The summed E-state index contributed by atoms with van der Waals surface area (Å²) >= 11 is 0. The van der Waals surface area contributed by atoms with Gasteiger partial charge in [-0.25, -0.2) is 0 Å². The monoisotopic (exact) mass is 333 g/mol. The molecule has 1 saturated heterocycles. The van der Waals surface area contributed by atoms with Gasteiger partial charge < -0.3 is 10.6 Å². The van der Waals surface area contributed by atoms with Gasteiger partial charge in [-0.15, -0.1) is 0 Å². The summed E-state index contributed by atoms with van der Waals surface area (Å²) in [7, 11) is 0. The Kier molecular flexibility index (Phi) is 4.89. The molecular weight excluding hydrogens is 306 g/mol.